The monoisotopic (exact) mass is 471 g/mol. The van der Waals surface area contributed by atoms with Gasteiger partial charge in [-0.25, -0.2) is 0 Å². The molecule has 1 aliphatic heterocycles. The lowest BCUT2D eigenvalue weighted by Gasteiger charge is -2.61. The lowest BCUT2D eigenvalue weighted by molar-refractivity contribution is -0.177. The van der Waals surface area contributed by atoms with E-state index in [9.17, 15) is 10.2 Å². The first-order valence-corrected chi connectivity index (χ1v) is 13.1. The van der Waals surface area contributed by atoms with E-state index in [4.69, 9.17) is 11.1 Å². The van der Waals surface area contributed by atoms with Crippen LogP contribution < -0.4 is 16.4 Å². The molecule has 7 atom stereocenters. The molecule has 0 radical (unpaired) electrons. The van der Waals surface area contributed by atoms with Crippen molar-refractivity contribution in [3.05, 3.63) is 53.6 Å². The second-order valence-corrected chi connectivity index (χ2v) is 12.2. The number of phenolic OH excluding ortho intramolecular Hbond substituents is 1. The maximum atomic E-state index is 12.6. The summed E-state index contributed by atoms with van der Waals surface area (Å²) in [6.07, 6.45) is 6.36. The van der Waals surface area contributed by atoms with Gasteiger partial charge in [0.05, 0.1) is 5.60 Å². The van der Waals surface area contributed by atoms with Gasteiger partial charge in [-0.15, -0.1) is 0 Å². The number of rotatable bonds is 5. The van der Waals surface area contributed by atoms with E-state index in [0.29, 0.717) is 17.7 Å². The molecule has 2 aromatic rings. The highest BCUT2D eigenvalue weighted by atomic mass is 16.3. The van der Waals surface area contributed by atoms with E-state index >= 15 is 0 Å². The lowest BCUT2D eigenvalue weighted by atomic mass is 9.54. The Balaban J connectivity index is 1.15. The van der Waals surface area contributed by atoms with E-state index in [-0.39, 0.29) is 28.9 Å². The molecular formula is C28H33N5O2. The molecule has 8 rings (SSSR count). The molecule has 7 N–H and O–H groups in total. The fourth-order valence-electron chi connectivity index (χ4n) is 9.43. The van der Waals surface area contributed by atoms with Crippen LogP contribution in [0.4, 0.5) is 11.4 Å². The van der Waals surface area contributed by atoms with E-state index in [2.05, 4.69) is 21.6 Å². The minimum Gasteiger partial charge on any atom is -0.508 e. The normalized spacial score (nSPS) is 41.7. The SMILES string of the molecule is N=C(N)Nc1ccc(N[C@@H]2CC[C@@]3(O)[C@@H]4N(CC5CC5)C5C6C54Cc4ccc(O)cc4[C@]63C2)cc1. The minimum absolute atomic E-state index is 0.0703. The molecule has 7 heteroatoms. The zero-order valence-corrected chi connectivity index (χ0v) is 19.8. The van der Waals surface area contributed by atoms with Gasteiger partial charge in [0.15, 0.2) is 5.96 Å². The summed E-state index contributed by atoms with van der Waals surface area (Å²) in [5.41, 5.74) is 9.06. The zero-order valence-electron chi connectivity index (χ0n) is 19.8. The van der Waals surface area contributed by atoms with Crippen molar-refractivity contribution in [3.8, 4) is 5.75 Å². The standard InChI is InChI=1S/C28H33N5O2/c29-25(30)32-18-6-4-17(5-7-18)31-19-9-10-28(35)24-26-12-16-3-8-20(34)11-21(16)27(28,13-19)22(26)23(26)33(24)14-15-1-2-15/h3-8,11,15,19,22-24,31,34-35H,1-2,9-10,12-14H2,(H4,29,30,32)/t19-,22?,23?,24-,26?,27-,28-/m1/s1. The highest BCUT2D eigenvalue weighted by molar-refractivity contribution is 5.89. The summed E-state index contributed by atoms with van der Waals surface area (Å²) in [6.45, 7) is 1.16. The van der Waals surface area contributed by atoms with Crippen LogP contribution >= 0.6 is 0 Å². The average Bonchev–Trinajstić information content (AvgIpc) is 3.71. The van der Waals surface area contributed by atoms with Gasteiger partial charge >= 0.3 is 0 Å². The van der Waals surface area contributed by atoms with Gasteiger partial charge in [0, 0.05) is 46.9 Å². The predicted octanol–water partition coefficient (Wildman–Crippen LogP) is 2.98. The minimum atomic E-state index is -0.728. The summed E-state index contributed by atoms with van der Waals surface area (Å²) in [6, 6.07) is 14.9. The molecule has 1 heterocycles. The summed E-state index contributed by atoms with van der Waals surface area (Å²) in [7, 11) is 0. The topological polar surface area (TPSA) is 118 Å². The van der Waals surface area contributed by atoms with Gasteiger partial charge in [0.25, 0.3) is 0 Å². The molecule has 0 aromatic heterocycles. The molecule has 4 saturated carbocycles. The Labute approximate surface area is 205 Å². The number of fused-ring (bicyclic) bond motifs is 2. The molecule has 3 unspecified atom stereocenters. The van der Waals surface area contributed by atoms with Crippen LogP contribution in [0.5, 0.6) is 5.75 Å². The van der Waals surface area contributed by atoms with Crippen molar-refractivity contribution in [2.24, 2.45) is 23.0 Å². The Morgan fingerprint density at radius 2 is 1.89 bits per heavy atom. The quantitative estimate of drug-likeness (QED) is 0.295. The Morgan fingerprint density at radius 3 is 2.63 bits per heavy atom. The van der Waals surface area contributed by atoms with Crippen LogP contribution in [0.25, 0.3) is 0 Å². The van der Waals surface area contributed by atoms with E-state index in [1.54, 1.807) is 0 Å². The van der Waals surface area contributed by atoms with Crippen molar-refractivity contribution in [2.45, 2.75) is 67.7 Å². The van der Waals surface area contributed by atoms with E-state index in [1.807, 2.05) is 36.4 Å². The zero-order chi connectivity index (χ0) is 23.7. The van der Waals surface area contributed by atoms with Crippen molar-refractivity contribution >= 4 is 17.3 Å². The van der Waals surface area contributed by atoms with Crippen LogP contribution in [0.2, 0.25) is 0 Å². The summed E-state index contributed by atoms with van der Waals surface area (Å²) >= 11 is 0. The number of aromatic hydroxyl groups is 1. The molecule has 182 valence electrons. The van der Waals surface area contributed by atoms with Crippen LogP contribution in [-0.4, -0.2) is 51.3 Å². The van der Waals surface area contributed by atoms with Crippen LogP contribution in [0.3, 0.4) is 0 Å². The van der Waals surface area contributed by atoms with Crippen molar-refractivity contribution < 1.29 is 10.2 Å². The van der Waals surface area contributed by atoms with Gasteiger partial charge < -0.3 is 26.6 Å². The van der Waals surface area contributed by atoms with Gasteiger partial charge in [-0.2, -0.15) is 0 Å². The molecule has 5 fully saturated rings. The number of phenols is 1. The molecule has 2 bridgehead atoms. The number of anilines is 2. The van der Waals surface area contributed by atoms with Gasteiger partial charge in [0.1, 0.15) is 5.75 Å². The molecule has 2 spiro atoms. The van der Waals surface area contributed by atoms with Crippen LogP contribution in [0, 0.1) is 22.7 Å². The number of aliphatic hydroxyl groups is 1. The first-order valence-electron chi connectivity index (χ1n) is 13.1. The first-order chi connectivity index (χ1) is 16.9. The summed E-state index contributed by atoms with van der Waals surface area (Å²) < 4.78 is 0. The third kappa shape index (κ3) is 2.36. The van der Waals surface area contributed by atoms with Crippen molar-refractivity contribution in [2.75, 3.05) is 17.2 Å². The second kappa shape index (κ2) is 6.31. The van der Waals surface area contributed by atoms with Gasteiger partial charge in [-0.3, -0.25) is 10.3 Å². The number of nitrogens with zero attached hydrogens (tertiary/aromatic N) is 1. The Hall–Kier alpha value is -2.77. The van der Waals surface area contributed by atoms with E-state index in [1.165, 1.54) is 24.0 Å². The van der Waals surface area contributed by atoms with Gasteiger partial charge in [-0.1, -0.05) is 6.07 Å². The van der Waals surface area contributed by atoms with Crippen LogP contribution in [0.15, 0.2) is 42.5 Å². The third-order valence-electron chi connectivity index (χ3n) is 10.5. The fourth-order valence-corrected chi connectivity index (χ4v) is 9.43. The van der Waals surface area contributed by atoms with Crippen LogP contribution in [0.1, 0.15) is 43.2 Å². The maximum absolute atomic E-state index is 12.6. The Kier molecular flexibility index (Phi) is 3.68. The number of nitrogens with one attached hydrogen (secondary N) is 3. The number of nitrogens with two attached hydrogens (primary N) is 1. The number of piperidine rings is 1. The average molecular weight is 472 g/mol. The number of hydrogen-bond acceptors (Lipinski definition) is 5. The molecule has 35 heavy (non-hydrogen) atoms. The third-order valence-corrected chi connectivity index (χ3v) is 10.5. The fraction of sp³-hybridized carbons (Fsp3) is 0.536. The maximum Gasteiger partial charge on any atom is 0.190 e. The molecule has 2 aromatic carbocycles. The van der Waals surface area contributed by atoms with E-state index < -0.39 is 5.60 Å². The first kappa shape index (κ1) is 20.4. The predicted molar refractivity (Wildman–Crippen MR) is 135 cm³/mol. The summed E-state index contributed by atoms with van der Waals surface area (Å²) in [5.74, 6) is 1.56. The lowest BCUT2D eigenvalue weighted by Crippen LogP contribution is -2.74. The smallest absolute Gasteiger partial charge is 0.190 e. The van der Waals surface area contributed by atoms with Crippen molar-refractivity contribution in [1.82, 2.24) is 4.90 Å². The van der Waals surface area contributed by atoms with Gasteiger partial charge in [-0.05, 0) is 97.9 Å². The van der Waals surface area contributed by atoms with Crippen molar-refractivity contribution in [1.29, 1.82) is 5.41 Å². The highest BCUT2D eigenvalue weighted by Gasteiger charge is 2.97. The Bertz CT molecular complexity index is 1260. The summed E-state index contributed by atoms with van der Waals surface area (Å²) in [4.78, 5) is 2.70. The Morgan fingerprint density at radius 1 is 1.11 bits per heavy atom. The second-order valence-electron chi connectivity index (χ2n) is 12.2. The largest absolute Gasteiger partial charge is 0.508 e. The van der Waals surface area contributed by atoms with Crippen LogP contribution in [-0.2, 0) is 11.8 Å². The molecule has 6 aliphatic rings. The summed E-state index contributed by atoms with van der Waals surface area (Å²) in [5, 5.41) is 37.1. The van der Waals surface area contributed by atoms with Gasteiger partial charge in [0.2, 0.25) is 0 Å². The van der Waals surface area contributed by atoms with Crippen molar-refractivity contribution in [3.63, 3.8) is 0 Å². The molecular weight excluding hydrogens is 438 g/mol. The number of likely N-dealkylation sites (tertiary alicyclic amines) is 1. The molecule has 1 saturated heterocycles. The molecule has 0 amide bonds. The highest BCUT2D eigenvalue weighted by Crippen LogP contribution is 2.88. The number of guanidine groups is 1. The number of hydrogen-bond donors (Lipinski definition) is 6. The number of benzene rings is 2. The van der Waals surface area contributed by atoms with E-state index in [0.717, 1.165) is 49.5 Å². The molecule has 7 nitrogen and oxygen atoms in total. The molecule has 5 aliphatic carbocycles.